The minimum absolute atomic E-state index is 0.205. The summed E-state index contributed by atoms with van der Waals surface area (Å²) in [5, 5.41) is 4.34. The molecule has 2 aromatic heterocycles. The van der Waals surface area contributed by atoms with Gasteiger partial charge in [-0.15, -0.1) is 0 Å². The van der Waals surface area contributed by atoms with Gasteiger partial charge in [0.15, 0.2) is 0 Å². The Morgan fingerprint density at radius 2 is 2.35 bits per heavy atom. The molecule has 1 aliphatic heterocycles. The van der Waals surface area contributed by atoms with Crippen LogP contribution in [0.5, 0.6) is 0 Å². The number of anilines is 1. The topological polar surface area (TPSA) is 73.1 Å². The van der Waals surface area contributed by atoms with Gasteiger partial charge in [-0.2, -0.15) is 5.10 Å². The van der Waals surface area contributed by atoms with Crippen molar-refractivity contribution in [2.24, 2.45) is 0 Å². The van der Waals surface area contributed by atoms with E-state index in [-0.39, 0.29) is 12.0 Å². The first-order valence-corrected chi connectivity index (χ1v) is 7.93. The third-order valence-electron chi connectivity index (χ3n) is 3.95. The van der Waals surface area contributed by atoms with Crippen molar-refractivity contribution in [1.29, 1.82) is 0 Å². The second-order valence-electron chi connectivity index (χ2n) is 5.67. The zero-order valence-electron chi connectivity index (χ0n) is 13.5. The van der Waals surface area contributed by atoms with Gasteiger partial charge in [0, 0.05) is 31.2 Å². The van der Waals surface area contributed by atoms with E-state index >= 15 is 0 Å². The molecule has 7 heteroatoms. The summed E-state index contributed by atoms with van der Waals surface area (Å²) in [5.41, 5.74) is 1.46. The third-order valence-corrected chi connectivity index (χ3v) is 3.95. The van der Waals surface area contributed by atoms with Gasteiger partial charge < -0.3 is 9.64 Å². The van der Waals surface area contributed by atoms with Crippen LogP contribution in [0, 0.1) is 6.92 Å². The SMILES string of the molecule is CCOC(=O)c1cnn([C@@H]2CCCN(c3nccc(C)n3)C2)c1. The Hall–Kier alpha value is -2.44. The normalized spacial score (nSPS) is 18.0. The largest absolute Gasteiger partial charge is 0.462 e. The Labute approximate surface area is 135 Å². The maximum absolute atomic E-state index is 11.8. The van der Waals surface area contributed by atoms with Gasteiger partial charge in [-0.3, -0.25) is 4.68 Å². The molecule has 0 saturated carbocycles. The van der Waals surface area contributed by atoms with E-state index in [0.29, 0.717) is 12.2 Å². The Morgan fingerprint density at radius 1 is 1.48 bits per heavy atom. The number of ether oxygens (including phenoxy) is 1. The lowest BCUT2D eigenvalue weighted by Crippen LogP contribution is -2.37. The number of aromatic nitrogens is 4. The molecule has 0 aliphatic carbocycles. The van der Waals surface area contributed by atoms with Crippen molar-refractivity contribution >= 4 is 11.9 Å². The lowest BCUT2D eigenvalue weighted by Gasteiger charge is -2.32. The highest BCUT2D eigenvalue weighted by atomic mass is 16.5. The predicted octanol–water partition coefficient (Wildman–Crippen LogP) is 2.00. The molecule has 3 rings (SSSR count). The van der Waals surface area contributed by atoms with Crippen LogP contribution in [0.15, 0.2) is 24.7 Å². The van der Waals surface area contributed by atoms with Gasteiger partial charge >= 0.3 is 5.97 Å². The van der Waals surface area contributed by atoms with E-state index in [1.165, 1.54) is 0 Å². The molecule has 1 saturated heterocycles. The summed E-state index contributed by atoms with van der Waals surface area (Å²) in [6, 6.07) is 2.10. The van der Waals surface area contributed by atoms with Crippen molar-refractivity contribution in [3.63, 3.8) is 0 Å². The molecule has 0 unspecified atom stereocenters. The first-order chi connectivity index (χ1) is 11.2. The van der Waals surface area contributed by atoms with Crippen LogP contribution in [0.25, 0.3) is 0 Å². The molecule has 0 radical (unpaired) electrons. The Bertz CT molecular complexity index is 685. The van der Waals surface area contributed by atoms with E-state index in [9.17, 15) is 4.79 Å². The summed E-state index contributed by atoms with van der Waals surface area (Å²) in [6.45, 7) is 5.85. The van der Waals surface area contributed by atoms with Crippen LogP contribution in [0.4, 0.5) is 5.95 Å². The van der Waals surface area contributed by atoms with Gasteiger partial charge in [0.1, 0.15) is 0 Å². The smallest absolute Gasteiger partial charge is 0.341 e. The standard InChI is InChI=1S/C16H21N5O2/c1-3-23-15(22)13-9-18-21(10-13)14-5-4-8-20(11-14)16-17-7-6-12(2)19-16/h6-7,9-10,14H,3-5,8,11H2,1-2H3/t14-/m1/s1. The molecule has 0 spiro atoms. The molecule has 3 heterocycles. The van der Waals surface area contributed by atoms with Crippen molar-refractivity contribution < 1.29 is 9.53 Å². The molecule has 0 aromatic carbocycles. The highest BCUT2D eigenvalue weighted by molar-refractivity contribution is 5.88. The van der Waals surface area contributed by atoms with Gasteiger partial charge in [-0.1, -0.05) is 0 Å². The average Bonchev–Trinajstić information content (AvgIpc) is 3.05. The van der Waals surface area contributed by atoms with Crippen molar-refractivity contribution in [2.45, 2.75) is 32.7 Å². The van der Waals surface area contributed by atoms with Crippen LogP contribution in [0.3, 0.4) is 0 Å². The average molecular weight is 315 g/mol. The van der Waals surface area contributed by atoms with Gasteiger partial charge in [0.05, 0.1) is 24.4 Å². The van der Waals surface area contributed by atoms with Crippen LogP contribution in [-0.2, 0) is 4.74 Å². The molecule has 7 nitrogen and oxygen atoms in total. The second kappa shape index (κ2) is 6.76. The molecule has 1 aliphatic rings. The lowest BCUT2D eigenvalue weighted by molar-refractivity contribution is 0.0526. The minimum Gasteiger partial charge on any atom is -0.462 e. The molecule has 122 valence electrons. The summed E-state index contributed by atoms with van der Waals surface area (Å²) >= 11 is 0. The van der Waals surface area contributed by atoms with Crippen LogP contribution in [0.2, 0.25) is 0 Å². The highest BCUT2D eigenvalue weighted by Crippen LogP contribution is 2.24. The number of hydrogen-bond donors (Lipinski definition) is 0. The number of piperidine rings is 1. The Kier molecular flexibility index (Phi) is 4.55. The second-order valence-corrected chi connectivity index (χ2v) is 5.67. The number of carbonyl (C=O) groups excluding carboxylic acids is 1. The van der Waals surface area contributed by atoms with Gasteiger partial charge in [-0.05, 0) is 32.8 Å². The van der Waals surface area contributed by atoms with E-state index in [2.05, 4.69) is 20.0 Å². The number of aryl methyl sites for hydroxylation is 1. The molecule has 0 bridgehead atoms. The van der Waals surface area contributed by atoms with E-state index < -0.39 is 0 Å². The monoisotopic (exact) mass is 315 g/mol. The van der Waals surface area contributed by atoms with Gasteiger partial charge in [0.2, 0.25) is 5.95 Å². The zero-order chi connectivity index (χ0) is 16.2. The third kappa shape index (κ3) is 3.49. The van der Waals surface area contributed by atoms with Crippen molar-refractivity contribution in [1.82, 2.24) is 19.7 Å². The molecule has 1 fully saturated rings. The fourth-order valence-electron chi connectivity index (χ4n) is 2.80. The molecular weight excluding hydrogens is 294 g/mol. The number of nitrogens with zero attached hydrogens (tertiary/aromatic N) is 5. The van der Waals surface area contributed by atoms with Gasteiger partial charge in [-0.25, -0.2) is 14.8 Å². The zero-order valence-corrected chi connectivity index (χ0v) is 13.5. The summed E-state index contributed by atoms with van der Waals surface area (Å²) in [5.74, 6) is 0.431. The maximum Gasteiger partial charge on any atom is 0.341 e. The highest BCUT2D eigenvalue weighted by Gasteiger charge is 2.24. The van der Waals surface area contributed by atoms with Crippen molar-refractivity contribution in [2.75, 3.05) is 24.6 Å². The first-order valence-electron chi connectivity index (χ1n) is 7.93. The summed E-state index contributed by atoms with van der Waals surface area (Å²) in [7, 11) is 0. The molecular formula is C16H21N5O2. The fraction of sp³-hybridized carbons (Fsp3) is 0.500. The Morgan fingerprint density at radius 3 is 3.13 bits per heavy atom. The number of hydrogen-bond acceptors (Lipinski definition) is 6. The number of carbonyl (C=O) groups is 1. The fourth-order valence-corrected chi connectivity index (χ4v) is 2.80. The maximum atomic E-state index is 11.8. The van der Waals surface area contributed by atoms with Crippen LogP contribution < -0.4 is 4.90 Å². The summed E-state index contributed by atoms with van der Waals surface area (Å²) in [4.78, 5) is 22.8. The molecule has 2 aromatic rings. The molecule has 1 atom stereocenters. The quantitative estimate of drug-likeness (QED) is 0.804. The van der Waals surface area contributed by atoms with E-state index in [0.717, 1.165) is 37.6 Å². The molecule has 23 heavy (non-hydrogen) atoms. The van der Waals surface area contributed by atoms with Crippen LogP contribution in [0.1, 0.15) is 41.9 Å². The summed E-state index contributed by atoms with van der Waals surface area (Å²) in [6.07, 6.45) is 7.18. The van der Waals surface area contributed by atoms with E-state index in [1.807, 2.05) is 17.7 Å². The van der Waals surface area contributed by atoms with E-state index in [1.54, 1.807) is 25.5 Å². The Balaban J connectivity index is 1.72. The molecule has 0 N–H and O–H groups in total. The molecule has 0 amide bonds. The van der Waals surface area contributed by atoms with Gasteiger partial charge in [0.25, 0.3) is 0 Å². The van der Waals surface area contributed by atoms with Crippen LogP contribution >= 0.6 is 0 Å². The van der Waals surface area contributed by atoms with Crippen molar-refractivity contribution in [3.8, 4) is 0 Å². The van der Waals surface area contributed by atoms with Crippen LogP contribution in [-0.4, -0.2) is 45.4 Å². The number of rotatable bonds is 4. The minimum atomic E-state index is -0.326. The number of esters is 1. The van der Waals surface area contributed by atoms with E-state index in [4.69, 9.17) is 4.74 Å². The predicted molar refractivity (Wildman–Crippen MR) is 85.4 cm³/mol. The van der Waals surface area contributed by atoms with Crippen molar-refractivity contribution in [3.05, 3.63) is 35.9 Å². The summed E-state index contributed by atoms with van der Waals surface area (Å²) < 4.78 is 6.86. The lowest BCUT2D eigenvalue weighted by atomic mass is 10.1. The first kappa shape index (κ1) is 15.5.